The van der Waals surface area contributed by atoms with E-state index >= 15 is 0 Å². The molecule has 12 rings (SSSR count). The van der Waals surface area contributed by atoms with Crippen LogP contribution in [0.2, 0.25) is 0 Å². The van der Waals surface area contributed by atoms with Crippen LogP contribution in [0.15, 0.2) is 206 Å². The maximum atomic E-state index is 2.52. The van der Waals surface area contributed by atoms with Crippen molar-refractivity contribution in [3.05, 3.63) is 240 Å². The van der Waals surface area contributed by atoms with Crippen LogP contribution in [-0.4, -0.2) is 0 Å². The van der Waals surface area contributed by atoms with Crippen LogP contribution in [0.1, 0.15) is 39.8 Å². The molecule has 58 heavy (non-hydrogen) atoms. The highest BCUT2D eigenvalue weighted by molar-refractivity contribution is 6.09. The largest absolute Gasteiger partial charge is 0.309 e. The first-order valence-corrected chi connectivity index (χ1v) is 20.5. The fourth-order valence-electron chi connectivity index (χ4n) is 10.6. The van der Waals surface area contributed by atoms with E-state index in [-0.39, 0.29) is 0 Å². The van der Waals surface area contributed by atoms with E-state index in [1.54, 1.807) is 0 Å². The number of hydrogen-bond acceptors (Lipinski definition) is 1. The lowest BCUT2D eigenvalue weighted by Gasteiger charge is -2.41. The van der Waals surface area contributed by atoms with Crippen LogP contribution >= 0.6 is 0 Å². The maximum Gasteiger partial charge on any atom is 0.0726 e. The average molecular weight is 738 g/mol. The monoisotopic (exact) mass is 737 g/mol. The minimum Gasteiger partial charge on any atom is -0.309 e. The second-order valence-corrected chi connectivity index (χ2v) is 15.8. The summed E-state index contributed by atoms with van der Waals surface area (Å²) in [6.07, 6.45) is 6.78. The first-order chi connectivity index (χ1) is 28.8. The third kappa shape index (κ3) is 4.65. The van der Waals surface area contributed by atoms with Crippen LogP contribution in [0.25, 0.3) is 61.4 Å². The molecule has 0 amide bonds. The van der Waals surface area contributed by atoms with Crippen molar-refractivity contribution in [1.29, 1.82) is 0 Å². The van der Waals surface area contributed by atoms with Gasteiger partial charge in [-0.2, -0.15) is 0 Å². The number of hydrogen-bond donors (Lipinski definition) is 0. The van der Waals surface area contributed by atoms with Gasteiger partial charge in [-0.05, 0) is 115 Å². The summed E-state index contributed by atoms with van der Waals surface area (Å²) in [7, 11) is 0. The summed E-state index contributed by atoms with van der Waals surface area (Å²) in [4.78, 5) is 2.52. The summed E-state index contributed by atoms with van der Waals surface area (Å²) in [5.41, 5.74) is 21.3. The highest BCUT2D eigenvalue weighted by atomic mass is 15.1. The molecule has 0 bridgehead atoms. The third-order valence-electron chi connectivity index (χ3n) is 12.9. The molecule has 3 aliphatic rings. The molecular formula is C57H39N. The Labute approximate surface area is 339 Å². The molecule has 1 atom stereocenters. The van der Waals surface area contributed by atoms with E-state index in [0.29, 0.717) is 0 Å². The molecule has 0 fully saturated rings. The minimum absolute atomic E-state index is 0.511. The van der Waals surface area contributed by atoms with E-state index in [4.69, 9.17) is 0 Å². The van der Waals surface area contributed by atoms with Crippen molar-refractivity contribution >= 4 is 33.9 Å². The highest BCUT2D eigenvalue weighted by Crippen LogP contribution is 2.64. The van der Waals surface area contributed by atoms with E-state index in [0.717, 1.165) is 24.2 Å². The first kappa shape index (κ1) is 33.0. The van der Waals surface area contributed by atoms with Crippen molar-refractivity contribution in [2.24, 2.45) is 0 Å². The predicted molar refractivity (Wildman–Crippen MR) is 243 cm³/mol. The fourth-order valence-corrected chi connectivity index (χ4v) is 10.6. The molecule has 0 heterocycles. The smallest absolute Gasteiger partial charge is 0.0726 e. The van der Waals surface area contributed by atoms with E-state index in [1.807, 2.05) is 0 Å². The Bertz CT molecular complexity index is 3100. The van der Waals surface area contributed by atoms with Crippen LogP contribution in [0, 0.1) is 0 Å². The van der Waals surface area contributed by atoms with Gasteiger partial charge in [0.25, 0.3) is 0 Å². The summed E-state index contributed by atoms with van der Waals surface area (Å²) >= 11 is 0. The second-order valence-electron chi connectivity index (χ2n) is 15.8. The van der Waals surface area contributed by atoms with Crippen LogP contribution in [-0.2, 0) is 11.8 Å². The summed E-state index contributed by atoms with van der Waals surface area (Å²) in [5.74, 6) is 0. The molecule has 0 N–H and O–H groups in total. The van der Waals surface area contributed by atoms with Gasteiger partial charge in [-0.25, -0.2) is 0 Å². The quantitative estimate of drug-likeness (QED) is 0.170. The number of allylic oxidation sites excluding steroid dienone is 1. The average Bonchev–Trinajstić information content (AvgIpc) is 3.60. The van der Waals surface area contributed by atoms with Gasteiger partial charge < -0.3 is 4.90 Å². The van der Waals surface area contributed by atoms with Crippen molar-refractivity contribution in [2.75, 3.05) is 4.90 Å². The SMILES string of the molecule is C1=Cc2ccc3c(c2CC1)-c1cccc2cccc(c12)C31c2ccccc2-c2c(N(c3ccc(-c4ccccc4)cc3)c3ccccc3-c3ccccc3)cccc21. The zero-order chi connectivity index (χ0) is 38.2. The van der Waals surface area contributed by atoms with Crippen LogP contribution < -0.4 is 4.90 Å². The Morgan fingerprint density at radius 3 is 1.83 bits per heavy atom. The molecule has 1 spiro atoms. The molecule has 0 aliphatic heterocycles. The number of rotatable bonds is 5. The maximum absolute atomic E-state index is 2.52. The Morgan fingerprint density at radius 1 is 0.397 bits per heavy atom. The molecule has 0 radical (unpaired) electrons. The zero-order valence-electron chi connectivity index (χ0n) is 32.1. The van der Waals surface area contributed by atoms with Gasteiger partial charge >= 0.3 is 0 Å². The van der Waals surface area contributed by atoms with Gasteiger partial charge in [-0.3, -0.25) is 0 Å². The van der Waals surface area contributed by atoms with Crippen molar-refractivity contribution in [3.63, 3.8) is 0 Å². The lowest BCUT2D eigenvalue weighted by Crippen LogP contribution is -2.32. The third-order valence-corrected chi connectivity index (χ3v) is 12.9. The molecule has 9 aromatic carbocycles. The zero-order valence-corrected chi connectivity index (χ0v) is 32.1. The van der Waals surface area contributed by atoms with Crippen molar-refractivity contribution in [3.8, 4) is 44.5 Å². The molecular weight excluding hydrogens is 699 g/mol. The van der Waals surface area contributed by atoms with Gasteiger partial charge in [0.15, 0.2) is 0 Å². The molecule has 1 heteroatoms. The topological polar surface area (TPSA) is 3.24 Å². The Hall–Kier alpha value is -7.22. The lowest BCUT2D eigenvalue weighted by atomic mass is 9.60. The lowest BCUT2D eigenvalue weighted by molar-refractivity contribution is 0.769. The van der Waals surface area contributed by atoms with Gasteiger partial charge in [0.2, 0.25) is 0 Å². The molecule has 1 unspecified atom stereocenters. The van der Waals surface area contributed by atoms with Gasteiger partial charge in [0.05, 0.1) is 16.8 Å². The summed E-state index contributed by atoms with van der Waals surface area (Å²) in [5, 5.41) is 2.67. The summed E-state index contributed by atoms with van der Waals surface area (Å²) in [6.45, 7) is 0. The molecule has 3 aliphatic carbocycles. The van der Waals surface area contributed by atoms with Crippen molar-refractivity contribution < 1.29 is 0 Å². The molecule has 272 valence electrons. The summed E-state index contributed by atoms with van der Waals surface area (Å²) in [6, 6.07) is 74.6. The molecule has 0 aromatic heterocycles. The first-order valence-electron chi connectivity index (χ1n) is 20.5. The Morgan fingerprint density at radius 2 is 1.00 bits per heavy atom. The Kier molecular flexibility index (Phi) is 7.34. The number of nitrogens with zero attached hydrogens (tertiary/aromatic N) is 1. The molecule has 1 nitrogen and oxygen atoms in total. The number of benzene rings is 9. The molecule has 9 aromatic rings. The number of anilines is 3. The van der Waals surface area contributed by atoms with Crippen LogP contribution in [0.3, 0.4) is 0 Å². The van der Waals surface area contributed by atoms with Gasteiger partial charge in [-0.1, -0.05) is 188 Å². The van der Waals surface area contributed by atoms with Crippen LogP contribution in [0.4, 0.5) is 17.1 Å². The predicted octanol–water partition coefficient (Wildman–Crippen LogP) is 14.9. The number of para-hydroxylation sites is 1. The standard InChI is InChI=1S/C57H39N/c1-3-16-38(17-4-1)39-32-35-43(36-33-39)58(52-30-12-10-23-44(52)40-18-5-2-6-19-40)53-31-15-29-50-56(53)46-25-9-11-27-48(46)57(50)49-28-14-22-42-21-13-26-47(54(42)49)55-45-24-8-7-20-41(45)34-37-51(55)57/h1-7,9-23,25-37H,8,24H2. The minimum atomic E-state index is -0.511. The molecule has 0 saturated carbocycles. The fraction of sp³-hybridized carbons (Fsp3) is 0.0526. The van der Waals surface area contributed by atoms with Gasteiger partial charge in [0, 0.05) is 16.8 Å². The second kappa shape index (κ2) is 12.9. The molecule has 0 saturated heterocycles. The highest BCUT2D eigenvalue weighted by Gasteiger charge is 2.51. The van der Waals surface area contributed by atoms with Crippen LogP contribution in [0.5, 0.6) is 0 Å². The van der Waals surface area contributed by atoms with E-state index in [2.05, 4.69) is 217 Å². The van der Waals surface area contributed by atoms with Crippen molar-refractivity contribution in [2.45, 2.75) is 18.3 Å². The van der Waals surface area contributed by atoms with E-state index < -0.39 is 5.41 Å². The van der Waals surface area contributed by atoms with E-state index in [1.165, 1.54) is 94.3 Å². The number of fused-ring (bicyclic) bond motifs is 11. The Balaban J connectivity index is 1.18. The normalized spacial score (nSPS) is 15.4. The van der Waals surface area contributed by atoms with Gasteiger partial charge in [-0.15, -0.1) is 0 Å². The van der Waals surface area contributed by atoms with Crippen molar-refractivity contribution in [1.82, 2.24) is 0 Å². The van der Waals surface area contributed by atoms with Gasteiger partial charge in [0.1, 0.15) is 0 Å². The van der Waals surface area contributed by atoms with E-state index in [9.17, 15) is 0 Å². The summed E-state index contributed by atoms with van der Waals surface area (Å²) < 4.78 is 0.